The van der Waals surface area contributed by atoms with Crippen molar-refractivity contribution in [2.24, 2.45) is 5.92 Å². The lowest BCUT2D eigenvalue weighted by Crippen LogP contribution is -2.31. The molecule has 0 radical (unpaired) electrons. The molecular weight excluding hydrogens is 309 g/mol. The van der Waals surface area contributed by atoms with E-state index in [0.717, 1.165) is 37.1 Å². The van der Waals surface area contributed by atoms with E-state index in [1.165, 1.54) is 12.3 Å². The number of ether oxygens (including phenoxy) is 1. The molecule has 1 saturated heterocycles. The molecule has 126 valence electrons. The highest BCUT2D eigenvalue weighted by Crippen LogP contribution is 2.31. The highest BCUT2D eigenvalue weighted by molar-refractivity contribution is 5.94. The Morgan fingerprint density at radius 3 is 3.04 bits per heavy atom. The van der Waals surface area contributed by atoms with Crippen molar-refractivity contribution in [1.29, 1.82) is 0 Å². The van der Waals surface area contributed by atoms with E-state index in [-0.39, 0.29) is 5.56 Å². The maximum Gasteiger partial charge on any atom is 0.254 e. The number of anilines is 1. The van der Waals surface area contributed by atoms with E-state index in [1.54, 1.807) is 7.11 Å². The van der Waals surface area contributed by atoms with Crippen LogP contribution in [-0.4, -0.2) is 37.6 Å². The van der Waals surface area contributed by atoms with E-state index in [1.807, 2.05) is 24.3 Å². The van der Waals surface area contributed by atoms with Crippen molar-refractivity contribution < 1.29 is 13.9 Å². The fourth-order valence-electron chi connectivity index (χ4n) is 3.00. The number of hydrogen-bond acceptors (Lipinski definition) is 4. The fraction of sp³-hybridized carbons (Fsp3) is 0.333. The summed E-state index contributed by atoms with van der Waals surface area (Å²) in [6, 6.07) is 9.29. The second kappa shape index (κ2) is 7.29. The summed E-state index contributed by atoms with van der Waals surface area (Å²) in [7, 11) is 1.66. The first-order valence-electron chi connectivity index (χ1n) is 7.94. The number of carbonyl (C=O) groups excluding carboxylic acids is 1. The van der Waals surface area contributed by atoms with Crippen LogP contribution in [0, 0.1) is 11.7 Å². The zero-order valence-corrected chi connectivity index (χ0v) is 13.5. The standard InChI is InChI=1S/C18H20FN3O2/c1-24-17-5-3-2-4-16(17)22-9-7-13(12-22)10-21-18(23)14-6-8-20-11-15(14)19/h2-6,8,11,13H,7,9-10,12H2,1H3,(H,21,23)/t13-/m1/s1. The third-order valence-electron chi connectivity index (χ3n) is 4.28. The highest BCUT2D eigenvalue weighted by atomic mass is 19.1. The third kappa shape index (κ3) is 3.48. The largest absolute Gasteiger partial charge is 0.495 e. The number of aromatic nitrogens is 1. The maximum atomic E-state index is 13.6. The van der Waals surface area contributed by atoms with Gasteiger partial charge >= 0.3 is 0 Å². The molecule has 0 spiro atoms. The van der Waals surface area contributed by atoms with Gasteiger partial charge in [0, 0.05) is 25.8 Å². The van der Waals surface area contributed by atoms with E-state index in [2.05, 4.69) is 15.2 Å². The van der Waals surface area contributed by atoms with Crippen molar-refractivity contribution in [2.45, 2.75) is 6.42 Å². The molecule has 3 rings (SSSR count). The van der Waals surface area contributed by atoms with Gasteiger partial charge in [0.25, 0.3) is 5.91 Å². The van der Waals surface area contributed by atoms with Crippen molar-refractivity contribution in [3.63, 3.8) is 0 Å². The quantitative estimate of drug-likeness (QED) is 0.916. The molecule has 0 unspecified atom stereocenters. The van der Waals surface area contributed by atoms with E-state index in [9.17, 15) is 9.18 Å². The Labute approximate surface area is 140 Å². The number of methoxy groups -OCH3 is 1. The Morgan fingerprint density at radius 1 is 1.42 bits per heavy atom. The molecule has 0 aliphatic carbocycles. The molecule has 2 aromatic rings. The van der Waals surface area contributed by atoms with E-state index in [4.69, 9.17) is 4.74 Å². The summed E-state index contributed by atoms with van der Waals surface area (Å²) in [4.78, 5) is 18.0. The molecule has 24 heavy (non-hydrogen) atoms. The van der Waals surface area contributed by atoms with Gasteiger partial charge < -0.3 is 15.0 Å². The van der Waals surface area contributed by atoms with Gasteiger partial charge in [-0.15, -0.1) is 0 Å². The zero-order valence-electron chi connectivity index (χ0n) is 13.5. The minimum Gasteiger partial charge on any atom is -0.495 e. The average molecular weight is 329 g/mol. The number of halogens is 1. The Morgan fingerprint density at radius 2 is 2.25 bits per heavy atom. The SMILES string of the molecule is COc1ccccc1N1CC[C@H](CNC(=O)c2ccncc2F)C1. The number of carbonyl (C=O) groups is 1. The number of para-hydroxylation sites is 2. The first kappa shape index (κ1) is 16.2. The maximum absolute atomic E-state index is 13.6. The fourth-order valence-corrected chi connectivity index (χ4v) is 3.00. The smallest absolute Gasteiger partial charge is 0.254 e. The summed E-state index contributed by atoms with van der Waals surface area (Å²) in [6.45, 7) is 2.26. The van der Waals surface area contributed by atoms with Crippen LogP contribution in [0.5, 0.6) is 5.75 Å². The van der Waals surface area contributed by atoms with Crippen molar-refractivity contribution in [2.75, 3.05) is 31.6 Å². The number of benzene rings is 1. The lowest BCUT2D eigenvalue weighted by molar-refractivity contribution is 0.0944. The van der Waals surface area contributed by atoms with Crippen LogP contribution in [0.15, 0.2) is 42.7 Å². The van der Waals surface area contributed by atoms with Crippen LogP contribution in [0.2, 0.25) is 0 Å². The van der Waals surface area contributed by atoms with Gasteiger partial charge in [-0.1, -0.05) is 12.1 Å². The average Bonchev–Trinajstić information content (AvgIpc) is 3.09. The van der Waals surface area contributed by atoms with E-state index in [0.29, 0.717) is 12.5 Å². The molecular formula is C18H20FN3O2. The predicted octanol–water partition coefficient (Wildman–Crippen LogP) is 2.49. The number of amides is 1. The first-order chi connectivity index (χ1) is 11.7. The summed E-state index contributed by atoms with van der Waals surface area (Å²) in [6.07, 6.45) is 3.43. The van der Waals surface area contributed by atoms with Crippen LogP contribution in [0.3, 0.4) is 0 Å². The van der Waals surface area contributed by atoms with E-state index < -0.39 is 11.7 Å². The van der Waals surface area contributed by atoms with Crippen molar-refractivity contribution in [1.82, 2.24) is 10.3 Å². The van der Waals surface area contributed by atoms with Gasteiger partial charge in [0.2, 0.25) is 0 Å². The third-order valence-corrected chi connectivity index (χ3v) is 4.28. The second-order valence-corrected chi connectivity index (χ2v) is 5.84. The van der Waals surface area contributed by atoms with Crippen LogP contribution in [-0.2, 0) is 0 Å². The van der Waals surface area contributed by atoms with Gasteiger partial charge in [0.05, 0.1) is 24.6 Å². The Kier molecular flexibility index (Phi) is 4.93. The Bertz CT molecular complexity index is 723. The van der Waals surface area contributed by atoms with Crippen LogP contribution in [0.1, 0.15) is 16.8 Å². The number of nitrogens with one attached hydrogen (secondary N) is 1. The molecule has 1 aliphatic rings. The summed E-state index contributed by atoms with van der Waals surface area (Å²) in [5.74, 6) is 0.174. The first-order valence-corrected chi connectivity index (χ1v) is 7.94. The second-order valence-electron chi connectivity index (χ2n) is 5.84. The van der Waals surface area contributed by atoms with Crippen molar-refractivity contribution in [3.8, 4) is 5.75 Å². The minimum atomic E-state index is -0.600. The van der Waals surface area contributed by atoms with Gasteiger partial charge in [0.1, 0.15) is 5.75 Å². The van der Waals surface area contributed by atoms with Crippen LogP contribution < -0.4 is 15.0 Å². The van der Waals surface area contributed by atoms with Gasteiger partial charge in [-0.3, -0.25) is 9.78 Å². The summed E-state index contributed by atoms with van der Waals surface area (Å²) in [5, 5.41) is 2.82. The molecule has 1 aliphatic heterocycles. The van der Waals surface area contributed by atoms with Crippen LogP contribution >= 0.6 is 0 Å². The van der Waals surface area contributed by atoms with Crippen molar-refractivity contribution >= 4 is 11.6 Å². The lowest BCUT2D eigenvalue weighted by atomic mass is 10.1. The zero-order chi connectivity index (χ0) is 16.9. The lowest BCUT2D eigenvalue weighted by Gasteiger charge is -2.21. The molecule has 1 amide bonds. The van der Waals surface area contributed by atoms with Gasteiger partial charge in [-0.2, -0.15) is 0 Å². The predicted molar refractivity (Wildman–Crippen MR) is 89.8 cm³/mol. The van der Waals surface area contributed by atoms with Gasteiger partial charge in [-0.05, 0) is 30.5 Å². The van der Waals surface area contributed by atoms with Gasteiger partial charge in [0.15, 0.2) is 5.82 Å². The van der Waals surface area contributed by atoms with Crippen LogP contribution in [0.25, 0.3) is 0 Å². The van der Waals surface area contributed by atoms with E-state index >= 15 is 0 Å². The molecule has 1 fully saturated rings. The number of rotatable bonds is 5. The summed E-state index contributed by atoms with van der Waals surface area (Å²) < 4.78 is 19.0. The molecule has 1 aromatic heterocycles. The Hall–Kier alpha value is -2.63. The minimum absolute atomic E-state index is 0.0320. The topological polar surface area (TPSA) is 54.5 Å². The highest BCUT2D eigenvalue weighted by Gasteiger charge is 2.25. The summed E-state index contributed by atoms with van der Waals surface area (Å²) >= 11 is 0. The molecule has 0 bridgehead atoms. The molecule has 1 aromatic carbocycles. The Balaban J connectivity index is 1.57. The molecule has 5 nitrogen and oxygen atoms in total. The molecule has 1 N–H and O–H groups in total. The molecule has 0 saturated carbocycles. The van der Waals surface area contributed by atoms with Crippen LogP contribution in [0.4, 0.5) is 10.1 Å². The van der Waals surface area contributed by atoms with Gasteiger partial charge in [-0.25, -0.2) is 4.39 Å². The molecule has 6 heteroatoms. The number of nitrogens with zero attached hydrogens (tertiary/aromatic N) is 2. The monoisotopic (exact) mass is 329 g/mol. The number of hydrogen-bond donors (Lipinski definition) is 1. The normalized spacial score (nSPS) is 16.9. The molecule has 1 atom stereocenters. The summed E-state index contributed by atoms with van der Waals surface area (Å²) in [5.41, 5.74) is 1.10. The number of pyridine rings is 1. The van der Waals surface area contributed by atoms with Crippen molar-refractivity contribution in [3.05, 3.63) is 54.1 Å². The molecule has 2 heterocycles.